The fourth-order valence-corrected chi connectivity index (χ4v) is 4.36. The molecule has 23 heavy (non-hydrogen) atoms. The molecule has 0 aromatic heterocycles. The van der Waals surface area contributed by atoms with E-state index < -0.39 is 13.9 Å². The zero-order valence-corrected chi connectivity index (χ0v) is 13.8. The minimum atomic E-state index is -0.749. The van der Waals surface area contributed by atoms with Crippen LogP contribution in [0.15, 0.2) is 73.3 Å². The molecule has 0 amide bonds. The Morgan fingerprint density at radius 1 is 1.04 bits per heavy atom. The Hall–Kier alpha value is -2.25. The van der Waals surface area contributed by atoms with Crippen molar-refractivity contribution < 1.29 is 14.3 Å². The lowest BCUT2D eigenvalue weighted by molar-refractivity contribution is -0.140. The number of carbonyl (C=O) groups excluding carboxylic acids is 2. The van der Waals surface area contributed by atoms with Gasteiger partial charge >= 0.3 is 11.8 Å². The minimum absolute atomic E-state index is 0.0770. The molecule has 0 heterocycles. The largest absolute Gasteiger partial charge is 0.461 e. The van der Waals surface area contributed by atoms with E-state index in [2.05, 4.69) is 30.8 Å². The number of hydrogen-bond donors (Lipinski definition) is 0. The third kappa shape index (κ3) is 5.46. The molecule has 3 nitrogen and oxygen atoms in total. The summed E-state index contributed by atoms with van der Waals surface area (Å²) >= 11 is 0. The maximum Gasteiger partial charge on any atom is 0.319 e. The maximum absolute atomic E-state index is 11.6. The van der Waals surface area contributed by atoms with Crippen LogP contribution >= 0.6 is 7.92 Å². The first-order chi connectivity index (χ1) is 11.2. The number of ketones is 1. The van der Waals surface area contributed by atoms with E-state index in [-0.39, 0.29) is 18.8 Å². The number of rotatable bonds is 8. The van der Waals surface area contributed by atoms with E-state index in [0.717, 1.165) is 0 Å². The van der Waals surface area contributed by atoms with E-state index in [4.69, 9.17) is 4.74 Å². The van der Waals surface area contributed by atoms with Crippen molar-refractivity contribution in [1.82, 2.24) is 0 Å². The van der Waals surface area contributed by atoms with Gasteiger partial charge in [0.15, 0.2) is 6.42 Å². The van der Waals surface area contributed by atoms with Gasteiger partial charge in [0.2, 0.25) is 0 Å². The van der Waals surface area contributed by atoms with Crippen molar-refractivity contribution in [3.8, 4) is 0 Å². The Balaban J connectivity index is 2.11. The van der Waals surface area contributed by atoms with Crippen molar-refractivity contribution in [2.45, 2.75) is 6.42 Å². The Morgan fingerprint density at radius 3 is 2.04 bits per heavy atom. The van der Waals surface area contributed by atoms with Crippen LogP contribution in [0.4, 0.5) is 0 Å². The Morgan fingerprint density at radius 2 is 1.57 bits per heavy atom. The molecule has 0 atom stereocenters. The van der Waals surface area contributed by atoms with Gasteiger partial charge in [-0.05, 0) is 18.5 Å². The van der Waals surface area contributed by atoms with Crippen LogP contribution in [0.1, 0.15) is 6.42 Å². The highest BCUT2D eigenvalue weighted by Gasteiger charge is 2.24. The van der Waals surface area contributed by atoms with Gasteiger partial charge in [0.25, 0.3) is 0 Å². The van der Waals surface area contributed by atoms with E-state index in [1.54, 1.807) is 0 Å². The molecule has 0 aliphatic heterocycles. The summed E-state index contributed by atoms with van der Waals surface area (Å²) in [6.07, 6.45) is 1.88. The van der Waals surface area contributed by atoms with Crippen molar-refractivity contribution in [3.05, 3.63) is 73.3 Å². The monoisotopic (exact) mass is 327 g/mol. The Kier molecular flexibility index (Phi) is 6.71. The first kappa shape index (κ1) is 17.1. The fraction of sp³-hybridized carbons (Fsp3) is 0.158. The highest BCUT2D eigenvalue weighted by Crippen LogP contribution is 2.33. The van der Waals surface area contributed by atoms with E-state index >= 15 is 0 Å². The molecule has 118 valence electrons. The molecule has 2 aromatic rings. The van der Waals surface area contributed by atoms with Crippen molar-refractivity contribution in [1.29, 1.82) is 0 Å². The van der Waals surface area contributed by atoms with Crippen molar-refractivity contribution in [3.63, 3.8) is 0 Å². The molecular formula is C19H20O3P+. The average Bonchev–Trinajstić information content (AvgIpc) is 2.59. The number of esters is 1. The van der Waals surface area contributed by atoms with Gasteiger partial charge in [0.1, 0.15) is 6.61 Å². The predicted octanol–water partition coefficient (Wildman–Crippen LogP) is 2.78. The van der Waals surface area contributed by atoms with Crippen molar-refractivity contribution in [2.75, 3.05) is 12.8 Å². The quantitative estimate of drug-likeness (QED) is 0.246. The van der Waals surface area contributed by atoms with Crippen LogP contribution in [0.5, 0.6) is 0 Å². The van der Waals surface area contributed by atoms with Crippen molar-refractivity contribution in [2.24, 2.45) is 0 Å². The lowest BCUT2D eigenvalue weighted by atomic mass is 10.3. The van der Waals surface area contributed by atoms with E-state index in [0.29, 0.717) is 6.16 Å². The molecule has 1 N–H and O–H groups in total. The van der Waals surface area contributed by atoms with Crippen LogP contribution in [-0.2, 0) is 9.53 Å². The SMILES string of the molecule is C=CCOC(=O)CC(=[OH+])CP(c1ccccc1)c1ccccc1. The lowest BCUT2D eigenvalue weighted by Crippen LogP contribution is -2.21. The first-order valence-electron chi connectivity index (χ1n) is 7.38. The summed E-state index contributed by atoms with van der Waals surface area (Å²) in [5.41, 5.74) is 0. The van der Waals surface area contributed by atoms with E-state index in [1.807, 2.05) is 36.4 Å². The molecule has 0 bridgehead atoms. The zero-order valence-electron chi connectivity index (χ0n) is 12.9. The molecule has 0 saturated heterocycles. The molecular weight excluding hydrogens is 307 g/mol. The number of benzene rings is 2. The summed E-state index contributed by atoms with van der Waals surface area (Å²) in [5.74, 6) is -0.281. The van der Waals surface area contributed by atoms with Gasteiger partial charge in [-0.1, -0.05) is 73.3 Å². The second-order valence-corrected chi connectivity index (χ2v) is 7.18. The summed E-state index contributed by atoms with van der Waals surface area (Å²) < 4.78 is 4.92. The van der Waals surface area contributed by atoms with Gasteiger partial charge < -0.3 is 4.74 Å². The van der Waals surface area contributed by atoms with Gasteiger partial charge in [-0.15, -0.1) is 0 Å². The Labute approximate surface area is 137 Å². The van der Waals surface area contributed by atoms with Gasteiger partial charge in [-0.25, -0.2) is 0 Å². The zero-order chi connectivity index (χ0) is 16.5. The molecule has 0 aliphatic rings. The first-order valence-corrected chi connectivity index (χ1v) is 8.91. The molecule has 0 aliphatic carbocycles. The van der Waals surface area contributed by atoms with Crippen LogP contribution in [0.2, 0.25) is 0 Å². The van der Waals surface area contributed by atoms with Crippen LogP contribution in [0, 0.1) is 0 Å². The molecule has 0 spiro atoms. The predicted molar refractivity (Wildman–Crippen MR) is 96.7 cm³/mol. The topological polar surface area (TPSA) is 47.7 Å². The maximum atomic E-state index is 11.6. The summed E-state index contributed by atoms with van der Waals surface area (Å²) in [7, 11) is -0.749. The van der Waals surface area contributed by atoms with Gasteiger partial charge in [-0.3, -0.25) is 9.59 Å². The van der Waals surface area contributed by atoms with E-state index in [9.17, 15) is 9.59 Å². The van der Waals surface area contributed by atoms with Crippen LogP contribution in [-0.4, -0.2) is 29.3 Å². The third-order valence-electron chi connectivity index (χ3n) is 3.19. The van der Waals surface area contributed by atoms with Crippen LogP contribution in [0.25, 0.3) is 0 Å². The summed E-state index contributed by atoms with van der Waals surface area (Å²) in [5, 5.41) is 2.33. The van der Waals surface area contributed by atoms with Crippen LogP contribution < -0.4 is 10.6 Å². The molecule has 0 saturated carbocycles. The molecule has 2 aromatic carbocycles. The number of hydrogen-bond acceptors (Lipinski definition) is 2. The second kappa shape index (κ2) is 9.02. The summed E-state index contributed by atoms with van der Waals surface area (Å²) in [4.78, 5) is 21.8. The molecule has 2 rings (SSSR count). The molecule has 4 heteroatoms. The highest BCUT2D eigenvalue weighted by atomic mass is 31.1. The lowest BCUT2D eigenvalue weighted by Gasteiger charge is -2.16. The van der Waals surface area contributed by atoms with Gasteiger partial charge in [0.05, 0.1) is 6.16 Å². The Bertz CT molecular complexity index is 613. The third-order valence-corrected chi connectivity index (χ3v) is 5.71. The minimum Gasteiger partial charge on any atom is -0.461 e. The smallest absolute Gasteiger partial charge is 0.319 e. The molecule has 0 fully saturated rings. The van der Waals surface area contributed by atoms with Gasteiger partial charge in [-0.2, -0.15) is 0 Å². The molecule has 0 radical (unpaired) electrons. The summed E-state index contributed by atoms with van der Waals surface area (Å²) in [6.45, 7) is 3.66. The normalized spacial score (nSPS) is 10.3. The van der Waals surface area contributed by atoms with Crippen molar-refractivity contribution >= 4 is 30.3 Å². The average molecular weight is 327 g/mol. The number of ether oxygens (including phenoxy) is 1. The highest BCUT2D eigenvalue weighted by molar-refractivity contribution is 7.73. The number of carbonyl (C=O) groups is 1. The fourth-order valence-electron chi connectivity index (χ4n) is 2.16. The van der Waals surface area contributed by atoms with Gasteiger partial charge in [0, 0.05) is 0 Å². The summed E-state index contributed by atoms with van der Waals surface area (Å²) in [6, 6.07) is 20.1. The second-order valence-electron chi connectivity index (χ2n) is 4.97. The van der Waals surface area contributed by atoms with Crippen LogP contribution in [0.3, 0.4) is 0 Å². The molecule has 0 unspecified atom stereocenters. The standard InChI is InChI=1S/C19H19O3P/c1-2-13-22-19(21)14-16(20)15-23(17-9-5-3-6-10-17)18-11-7-4-8-12-18/h2-12H,1,13-15H2/p+1. The van der Waals surface area contributed by atoms with E-state index in [1.165, 1.54) is 16.7 Å².